The van der Waals surface area contributed by atoms with Crippen molar-refractivity contribution in [1.29, 1.82) is 0 Å². The maximum Gasteiger partial charge on any atom is 0.0652 e. The molecule has 1 aliphatic rings. The summed E-state index contributed by atoms with van der Waals surface area (Å²) in [5.41, 5.74) is -0.226. The lowest BCUT2D eigenvalue weighted by atomic mass is 9.95. The van der Waals surface area contributed by atoms with E-state index in [4.69, 9.17) is 0 Å². The molecule has 0 aromatic carbocycles. The van der Waals surface area contributed by atoms with Crippen LogP contribution in [0, 0.1) is 5.92 Å². The number of rotatable bonds is 4. The van der Waals surface area contributed by atoms with Crippen molar-refractivity contribution in [2.75, 3.05) is 0 Å². The monoisotopic (exact) mass is 142 g/mol. The highest BCUT2D eigenvalue weighted by Gasteiger charge is 2.41. The smallest absolute Gasteiger partial charge is 0.0652 e. The number of aliphatic hydroxyl groups is 1. The molecular formula is C9H18O. The van der Waals surface area contributed by atoms with Gasteiger partial charge in [0.2, 0.25) is 0 Å². The van der Waals surface area contributed by atoms with Gasteiger partial charge in [-0.25, -0.2) is 0 Å². The molecule has 60 valence electrons. The van der Waals surface area contributed by atoms with Gasteiger partial charge in [0.15, 0.2) is 0 Å². The molecule has 0 aliphatic heterocycles. The van der Waals surface area contributed by atoms with Gasteiger partial charge >= 0.3 is 0 Å². The maximum atomic E-state index is 9.56. The molecule has 0 aromatic rings. The second-order valence-electron chi connectivity index (χ2n) is 3.61. The molecule has 1 saturated carbocycles. The van der Waals surface area contributed by atoms with Gasteiger partial charge in [-0.05, 0) is 25.2 Å². The van der Waals surface area contributed by atoms with E-state index >= 15 is 0 Å². The van der Waals surface area contributed by atoms with E-state index in [1.165, 1.54) is 12.8 Å². The fraction of sp³-hybridized carbons (Fsp3) is 1.00. The molecule has 1 fully saturated rings. The van der Waals surface area contributed by atoms with E-state index in [0.717, 1.165) is 25.2 Å². The molecule has 1 rings (SSSR count). The Labute approximate surface area is 63.4 Å². The average molecular weight is 142 g/mol. The molecule has 0 amide bonds. The predicted octanol–water partition coefficient (Wildman–Crippen LogP) is 2.34. The molecule has 0 spiro atoms. The van der Waals surface area contributed by atoms with Gasteiger partial charge in [-0.1, -0.05) is 26.7 Å². The minimum atomic E-state index is -0.226. The quantitative estimate of drug-likeness (QED) is 0.638. The van der Waals surface area contributed by atoms with Crippen LogP contribution in [0.3, 0.4) is 0 Å². The van der Waals surface area contributed by atoms with Gasteiger partial charge in [-0.15, -0.1) is 0 Å². The summed E-state index contributed by atoms with van der Waals surface area (Å²) in [6.07, 6.45) is 5.57. The van der Waals surface area contributed by atoms with Crippen LogP contribution in [-0.2, 0) is 0 Å². The van der Waals surface area contributed by atoms with Crippen molar-refractivity contribution < 1.29 is 5.11 Å². The minimum absolute atomic E-state index is 0.226. The first-order valence-electron chi connectivity index (χ1n) is 4.42. The van der Waals surface area contributed by atoms with Crippen LogP contribution in [0.4, 0.5) is 0 Å². The highest BCUT2D eigenvalue weighted by Crippen LogP contribution is 2.41. The second kappa shape index (κ2) is 2.91. The molecule has 0 unspecified atom stereocenters. The highest BCUT2D eigenvalue weighted by molar-refractivity contribution is 4.94. The topological polar surface area (TPSA) is 20.2 Å². The van der Waals surface area contributed by atoms with Crippen LogP contribution < -0.4 is 0 Å². The van der Waals surface area contributed by atoms with Crippen molar-refractivity contribution in [3.05, 3.63) is 0 Å². The Bertz CT molecular complexity index is 101. The molecule has 0 radical (unpaired) electrons. The molecular weight excluding hydrogens is 124 g/mol. The van der Waals surface area contributed by atoms with Gasteiger partial charge in [-0.3, -0.25) is 0 Å². The summed E-state index contributed by atoms with van der Waals surface area (Å²) in [7, 11) is 0. The van der Waals surface area contributed by atoms with Crippen LogP contribution in [0.5, 0.6) is 0 Å². The molecule has 1 N–H and O–H groups in total. The Kier molecular flexibility index (Phi) is 2.35. The molecule has 0 heterocycles. The van der Waals surface area contributed by atoms with E-state index in [9.17, 15) is 5.11 Å². The summed E-state index contributed by atoms with van der Waals surface area (Å²) >= 11 is 0. The largest absolute Gasteiger partial charge is 0.390 e. The Morgan fingerprint density at radius 1 is 1.30 bits per heavy atom. The summed E-state index contributed by atoms with van der Waals surface area (Å²) in [5, 5.41) is 9.56. The van der Waals surface area contributed by atoms with Gasteiger partial charge in [0.05, 0.1) is 5.60 Å². The lowest BCUT2D eigenvalue weighted by Gasteiger charge is -2.15. The molecule has 0 atom stereocenters. The Morgan fingerprint density at radius 3 is 2.10 bits per heavy atom. The van der Waals surface area contributed by atoms with E-state index in [-0.39, 0.29) is 5.60 Å². The zero-order valence-corrected chi connectivity index (χ0v) is 7.06. The van der Waals surface area contributed by atoms with E-state index in [0.29, 0.717) is 0 Å². The third-order valence-electron chi connectivity index (χ3n) is 2.65. The Morgan fingerprint density at radius 2 is 1.80 bits per heavy atom. The molecule has 0 saturated heterocycles. The van der Waals surface area contributed by atoms with Crippen LogP contribution in [0.2, 0.25) is 0 Å². The fourth-order valence-corrected chi connectivity index (χ4v) is 1.46. The third-order valence-corrected chi connectivity index (χ3v) is 2.65. The Hall–Kier alpha value is -0.0400. The zero-order valence-electron chi connectivity index (χ0n) is 7.06. The first-order valence-corrected chi connectivity index (χ1v) is 4.42. The average Bonchev–Trinajstić information content (AvgIpc) is 2.64. The minimum Gasteiger partial charge on any atom is -0.390 e. The summed E-state index contributed by atoms with van der Waals surface area (Å²) in [6.45, 7) is 4.42. The van der Waals surface area contributed by atoms with Gasteiger partial charge < -0.3 is 5.11 Å². The van der Waals surface area contributed by atoms with Gasteiger partial charge in [-0.2, -0.15) is 0 Å². The van der Waals surface area contributed by atoms with Crippen LogP contribution in [0.1, 0.15) is 46.0 Å². The summed E-state index contributed by atoms with van der Waals surface area (Å²) in [5.74, 6) is 0.757. The van der Waals surface area contributed by atoms with Crippen molar-refractivity contribution in [2.24, 2.45) is 5.92 Å². The third kappa shape index (κ3) is 1.98. The van der Waals surface area contributed by atoms with E-state index < -0.39 is 0 Å². The molecule has 0 aromatic heterocycles. The van der Waals surface area contributed by atoms with E-state index in [1.807, 2.05) is 0 Å². The van der Waals surface area contributed by atoms with Crippen molar-refractivity contribution in [2.45, 2.75) is 51.6 Å². The van der Waals surface area contributed by atoms with Gasteiger partial charge in [0.25, 0.3) is 0 Å². The number of hydrogen-bond acceptors (Lipinski definition) is 1. The lowest BCUT2D eigenvalue weighted by molar-refractivity contribution is 0.115. The molecule has 1 heteroatoms. The van der Waals surface area contributed by atoms with Gasteiger partial charge in [0.1, 0.15) is 0 Å². The van der Waals surface area contributed by atoms with Gasteiger partial charge in [0, 0.05) is 0 Å². The predicted molar refractivity (Wildman–Crippen MR) is 42.9 cm³/mol. The maximum absolute atomic E-state index is 9.56. The van der Waals surface area contributed by atoms with Crippen LogP contribution >= 0.6 is 0 Å². The highest BCUT2D eigenvalue weighted by atomic mass is 16.3. The fourth-order valence-electron chi connectivity index (χ4n) is 1.46. The first kappa shape index (κ1) is 8.06. The second-order valence-corrected chi connectivity index (χ2v) is 3.61. The normalized spacial score (nSPS) is 21.6. The van der Waals surface area contributed by atoms with Crippen molar-refractivity contribution in [3.63, 3.8) is 0 Å². The van der Waals surface area contributed by atoms with Crippen molar-refractivity contribution >= 4 is 0 Å². The molecule has 1 nitrogen and oxygen atoms in total. The number of hydrogen-bond donors (Lipinski definition) is 1. The molecule has 0 bridgehead atoms. The van der Waals surface area contributed by atoms with Crippen molar-refractivity contribution in [3.8, 4) is 0 Å². The van der Waals surface area contributed by atoms with Crippen LogP contribution in [0.15, 0.2) is 0 Å². The van der Waals surface area contributed by atoms with E-state index in [1.54, 1.807) is 0 Å². The Balaban J connectivity index is 2.21. The summed E-state index contributed by atoms with van der Waals surface area (Å²) in [6, 6.07) is 0. The first-order chi connectivity index (χ1) is 4.70. The lowest BCUT2D eigenvalue weighted by Crippen LogP contribution is -2.13. The van der Waals surface area contributed by atoms with Crippen molar-refractivity contribution in [1.82, 2.24) is 0 Å². The molecule has 1 aliphatic carbocycles. The summed E-state index contributed by atoms with van der Waals surface area (Å²) < 4.78 is 0. The van der Waals surface area contributed by atoms with Crippen LogP contribution in [-0.4, -0.2) is 10.7 Å². The van der Waals surface area contributed by atoms with E-state index in [2.05, 4.69) is 13.8 Å². The summed E-state index contributed by atoms with van der Waals surface area (Å²) in [4.78, 5) is 0. The molecule has 10 heavy (non-hydrogen) atoms. The SMILES string of the molecule is CCC(CC)CC1(O)CC1. The standard InChI is InChI=1S/C9H18O/c1-3-8(4-2)7-9(10)5-6-9/h8,10H,3-7H2,1-2H3. The zero-order chi connectivity index (χ0) is 7.61. The van der Waals surface area contributed by atoms with Crippen LogP contribution in [0.25, 0.3) is 0 Å².